The first-order valence-electron chi connectivity index (χ1n) is 7.21. The molecule has 5 heteroatoms. The summed E-state index contributed by atoms with van der Waals surface area (Å²) in [6.45, 7) is 3.98. The molecule has 2 heterocycles. The number of nitrogens with zero attached hydrogens (tertiary/aromatic N) is 1. The number of amides is 1. The second-order valence-electron chi connectivity index (χ2n) is 5.58. The van der Waals surface area contributed by atoms with Crippen LogP contribution in [0.15, 0.2) is 30.5 Å². The normalized spacial score (nSPS) is 22.2. The van der Waals surface area contributed by atoms with Crippen molar-refractivity contribution in [2.75, 3.05) is 13.1 Å². The third kappa shape index (κ3) is 3.01. The van der Waals surface area contributed by atoms with Gasteiger partial charge in [0.05, 0.1) is 11.1 Å². The Hall–Kier alpha value is -1.65. The summed E-state index contributed by atoms with van der Waals surface area (Å²) in [6, 6.07) is 7.41. The molecule has 0 spiro atoms. The lowest BCUT2D eigenvalue weighted by Crippen LogP contribution is -2.50. The zero-order valence-electron chi connectivity index (χ0n) is 11.9. The molecular weight excluding hydrogens is 286 g/mol. The molecule has 2 atom stereocenters. The van der Waals surface area contributed by atoms with Crippen LogP contribution in [-0.4, -0.2) is 30.0 Å². The summed E-state index contributed by atoms with van der Waals surface area (Å²) in [7, 11) is 0. The van der Waals surface area contributed by atoms with Gasteiger partial charge in [-0.05, 0) is 37.1 Å². The first kappa shape index (κ1) is 14.3. The first-order valence-corrected chi connectivity index (χ1v) is 7.59. The van der Waals surface area contributed by atoms with Gasteiger partial charge in [0.15, 0.2) is 0 Å². The average Bonchev–Trinajstić information content (AvgIpc) is 2.48. The Balaban J connectivity index is 1.90. The van der Waals surface area contributed by atoms with Gasteiger partial charge < -0.3 is 10.6 Å². The summed E-state index contributed by atoms with van der Waals surface area (Å²) in [5.41, 5.74) is 1.23. The molecule has 1 fully saturated rings. The summed E-state index contributed by atoms with van der Waals surface area (Å²) in [5, 5.41) is 7.85. The van der Waals surface area contributed by atoms with Gasteiger partial charge in [-0.15, -0.1) is 0 Å². The quantitative estimate of drug-likeness (QED) is 0.896. The third-order valence-electron chi connectivity index (χ3n) is 4.06. The molecule has 2 unspecified atom stereocenters. The second-order valence-corrected chi connectivity index (χ2v) is 6.01. The van der Waals surface area contributed by atoms with E-state index in [1.54, 1.807) is 12.3 Å². The molecule has 0 bridgehead atoms. The minimum atomic E-state index is -0.109. The van der Waals surface area contributed by atoms with Gasteiger partial charge >= 0.3 is 0 Å². The van der Waals surface area contributed by atoms with Crippen LogP contribution in [0.1, 0.15) is 23.7 Å². The Kier molecular flexibility index (Phi) is 4.08. The lowest BCUT2D eigenvalue weighted by Gasteiger charge is -2.30. The van der Waals surface area contributed by atoms with Crippen LogP contribution in [0.3, 0.4) is 0 Å². The van der Waals surface area contributed by atoms with Crippen molar-refractivity contribution < 1.29 is 4.79 Å². The molecule has 110 valence electrons. The van der Waals surface area contributed by atoms with Crippen LogP contribution in [0.25, 0.3) is 10.9 Å². The number of hydrogen-bond donors (Lipinski definition) is 2. The summed E-state index contributed by atoms with van der Waals surface area (Å²) < 4.78 is 0. The van der Waals surface area contributed by atoms with Crippen LogP contribution in [0.2, 0.25) is 5.02 Å². The SMILES string of the molecule is CC1CCNCC1NC(=O)c1cc(Cl)cc2cccnc12. The molecule has 21 heavy (non-hydrogen) atoms. The van der Waals surface area contributed by atoms with Crippen molar-refractivity contribution >= 4 is 28.4 Å². The van der Waals surface area contributed by atoms with Crippen LogP contribution < -0.4 is 10.6 Å². The Morgan fingerprint density at radius 2 is 2.33 bits per heavy atom. The molecule has 1 aliphatic heterocycles. The topological polar surface area (TPSA) is 54.0 Å². The fraction of sp³-hybridized carbons (Fsp3) is 0.375. The number of hydrogen-bond acceptors (Lipinski definition) is 3. The smallest absolute Gasteiger partial charge is 0.253 e. The van der Waals surface area contributed by atoms with E-state index in [2.05, 4.69) is 22.5 Å². The number of carbonyl (C=O) groups excluding carboxylic acids is 1. The molecule has 2 N–H and O–H groups in total. The van der Waals surface area contributed by atoms with E-state index in [4.69, 9.17) is 11.6 Å². The number of halogens is 1. The molecule has 0 saturated carbocycles. The minimum Gasteiger partial charge on any atom is -0.348 e. The van der Waals surface area contributed by atoms with Gasteiger partial charge in [0, 0.05) is 29.2 Å². The second kappa shape index (κ2) is 6.00. The molecule has 1 aromatic carbocycles. The fourth-order valence-corrected chi connectivity index (χ4v) is 2.98. The zero-order valence-corrected chi connectivity index (χ0v) is 12.7. The van der Waals surface area contributed by atoms with Crippen LogP contribution in [-0.2, 0) is 0 Å². The van der Waals surface area contributed by atoms with Crippen molar-refractivity contribution in [1.29, 1.82) is 0 Å². The summed E-state index contributed by atoms with van der Waals surface area (Å²) in [5.74, 6) is 0.357. The first-order chi connectivity index (χ1) is 10.1. The predicted molar refractivity (Wildman–Crippen MR) is 84.7 cm³/mol. The van der Waals surface area contributed by atoms with Crippen molar-refractivity contribution in [3.8, 4) is 0 Å². The lowest BCUT2D eigenvalue weighted by atomic mass is 9.94. The van der Waals surface area contributed by atoms with Gasteiger partial charge in [-0.1, -0.05) is 24.6 Å². The van der Waals surface area contributed by atoms with E-state index < -0.39 is 0 Å². The number of benzene rings is 1. The van der Waals surface area contributed by atoms with Crippen molar-refractivity contribution in [2.24, 2.45) is 5.92 Å². The van der Waals surface area contributed by atoms with Crippen molar-refractivity contribution in [1.82, 2.24) is 15.6 Å². The number of aromatic nitrogens is 1. The summed E-state index contributed by atoms with van der Waals surface area (Å²) in [4.78, 5) is 16.9. The summed E-state index contributed by atoms with van der Waals surface area (Å²) >= 11 is 6.12. The third-order valence-corrected chi connectivity index (χ3v) is 4.28. The van der Waals surface area contributed by atoms with Gasteiger partial charge in [-0.3, -0.25) is 9.78 Å². The van der Waals surface area contributed by atoms with Crippen LogP contribution in [0, 0.1) is 5.92 Å². The van der Waals surface area contributed by atoms with Gasteiger partial charge in [0.25, 0.3) is 5.91 Å². The molecule has 1 aromatic heterocycles. The predicted octanol–water partition coefficient (Wildman–Crippen LogP) is 2.62. The highest BCUT2D eigenvalue weighted by atomic mass is 35.5. The maximum atomic E-state index is 12.6. The molecule has 1 saturated heterocycles. The van der Waals surface area contributed by atoms with Crippen molar-refractivity contribution in [3.63, 3.8) is 0 Å². The number of fused-ring (bicyclic) bond motifs is 1. The number of carbonyl (C=O) groups is 1. The molecule has 0 aliphatic carbocycles. The average molecular weight is 304 g/mol. The Morgan fingerprint density at radius 1 is 1.48 bits per heavy atom. The maximum absolute atomic E-state index is 12.6. The van der Waals surface area contributed by atoms with Crippen molar-refractivity contribution in [2.45, 2.75) is 19.4 Å². The molecule has 3 rings (SSSR count). The lowest BCUT2D eigenvalue weighted by molar-refractivity contribution is 0.0917. The van der Waals surface area contributed by atoms with Gasteiger partial charge in [-0.2, -0.15) is 0 Å². The maximum Gasteiger partial charge on any atom is 0.253 e. The Bertz CT molecular complexity index is 674. The van der Waals surface area contributed by atoms with E-state index in [1.165, 1.54) is 0 Å². The zero-order chi connectivity index (χ0) is 14.8. The monoisotopic (exact) mass is 303 g/mol. The van der Waals surface area contributed by atoms with E-state index >= 15 is 0 Å². The molecule has 1 aliphatic rings. The number of pyridine rings is 1. The van der Waals surface area contributed by atoms with Crippen LogP contribution in [0.5, 0.6) is 0 Å². The standard InChI is InChI=1S/C16H18ClN3O/c1-10-4-6-18-9-14(10)20-16(21)13-8-12(17)7-11-3-2-5-19-15(11)13/h2-3,5,7-8,10,14,18H,4,6,9H2,1H3,(H,20,21). The fourth-order valence-electron chi connectivity index (χ4n) is 2.76. The molecule has 2 aromatic rings. The van der Waals surface area contributed by atoms with Gasteiger partial charge in [0.1, 0.15) is 0 Å². The van der Waals surface area contributed by atoms with Crippen molar-refractivity contribution in [3.05, 3.63) is 41.0 Å². The molecular formula is C16H18ClN3O. The van der Waals surface area contributed by atoms with Gasteiger partial charge in [0.2, 0.25) is 0 Å². The molecule has 1 amide bonds. The summed E-state index contributed by atoms with van der Waals surface area (Å²) in [6.07, 6.45) is 2.76. The molecule has 4 nitrogen and oxygen atoms in total. The number of nitrogens with one attached hydrogen (secondary N) is 2. The Morgan fingerprint density at radius 3 is 3.14 bits per heavy atom. The molecule has 0 radical (unpaired) electrons. The Labute approximate surface area is 128 Å². The van der Waals surface area contributed by atoms with Gasteiger partial charge in [-0.25, -0.2) is 0 Å². The highest BCUT2D eigenvalue weighted by Gasteiger charge is 2.24. The van der Waals surface area contributed by atoms with E-state index in [0.717, 1.165) is 24.9 Å². The van der Waals surface area contributed by atoms with E-state index in [0.29, 0.717) is 22.0 Å². The van der Waals surface area contributed by atoms with E-state index in [-0.39, 0.29) is 11.9 Å². The van der Waals surface area contributed by atoms with Crippen LogP contribution >= 0.6 is 11.6 Å². The van der Waals surface area contributed by atoms with Crippen LogP contribution in [0.4, 0.5) is 0 Å². The minimum absolute atomic E-state index is 0.109. The highest BCUT2D eigenvalue weighted by Crippen LogP contribution is 2.22. The van der Waals surface area contributed by atoms with E-state index in [1.807, 2.05) is 18.2 Å². The number of piperidine rings is 1. The largest absolute Gasteiger partial charge is 0.348 e. The number of rotatable bonds is 2. The van der Waals surface area contributed by atoms with E-state index in [9.17, 15) is 4.79 Å². The highest BCUT2D eigenvalue weighted by molar-refractivity contribution is 6.32.